The first-order valence-corrected chi connectivity index (χ1v) is 5.30. The summed E-state index contributed by atoms with van der Waals surface area (Å²) in [5, 5.41) is 3.06. The minimum atomic E-state index is -0.771. The second kappa shape index (κ2) is 4.62. The number of methoxy groups -OCH3 is 1. The molecular weight excluding hydrogens is 193 g/mol. The second-order valence-electron chi connectivity index (χ2n) is 3.89. The highest BCUT2D eigenvalue weighted by atomic mass is 19.1. The molecule has 0 amide bonds. The molecule has 1 N–H and O–H groups in total. The summed E-state index contributed by atoms with van der Waals surface area (Å²) in [5.41, 5.74) is 1.07. The van der Waals surface area contributed by atoms with Gasteiger partial charge < -0.3 is 10.1 Å². The van der Waals surface area contributed by atoms with Gasteiger partial charge in [-0.15, -0.1) is 0 Å². The number of hydrogen-bond acceptors (Lipinski definition) is 2. The van der Waals surface area contributed by atoms with Crippen molar-refractivity contribution in [2.75, 3.05) is 20.2 Å². The Morgan fingerprint density at radius 2 is 2.07 bits per heavy atom. The standard InChI is InChI=1S/C12H16FNO/c1-15-10-4-2-9(3-5-10)11-6-7-14-8-12(11)13/h2-5,11-12,14H,6-8H2,1H3/t11-,12?/m1/s1. The van der Waals surface area contributed by atoms with E-state index in [-0.39, 0.29) is 5.92 Å². The van der Waals surface area contributed by atoms with Crippen LogP contribution in [-0.2, 0) is 0 Å². The van der Waals surface area contributed by atoms with Gasteiger partial charge in [0.15, 0.2) is 0 Å². The van der Waals surface area contributed by atoms with Gasteiger partial charge in [0.1, 0.15) is 11.9 Å². The van der Waals surface area contributed by atoms with Crippen LogP contribution in [0.15, 0.2) is 24.3 Å². The van der Waals surface area contributed by atoms with Crippen LogP contribution in [0, 0.1) is 0 Å². The average molecular weight is 209 g/mol. The Balaban J connectivity index is 2.13. The molecule has 1 saturated heterocycles. The molecule has 0 radical (unpaired) electrons. The molecule has 0 bridgehead atoms. The lowest BCUT2D eigenvalue weighted by molar-refractivity contribution is 0.231. The third-order valence-corrected chi connectivity index (χ3v) is 2.95. The molecule has 1 unspecified atom stereocenters. The van der Waals surface area contributed by atoms with Crippen molar-refractivity contribution in [2.24, 2.45) is 0 Å². The molecule has 2 atom stereocenters. The fourth-order valence-corrected chi connectivity index (χ4v) is 2.05. The summed E-state index contributed by atoms with van der Waals surface area (Å²) in [6.07, 6.45) is 0.0974. The zero-order valence-electron chi connectivity index (χ0n) is 8.87. The first-order chi connectivity index (χ1) is 7.31. The lowest BCUT2D eigenvalue weighted by Crippen LogP contribution is -2.36. The van der Waals surface area contributed by atoms with Crippen molar-refractivity contribution in [3.8, 4) is 5.75 Å². The van der Waals surface area contributed by atoms with Crippen molar-refractivity contribution in [3.05, 3.63) is 29.8 Å². The van der Waals surface area contributed by atoms with Crippen LogP contribution in [0.1, 0.15) is 17.9 Å². The molecule has 3 heteroatoms. The lowest BCUT2D eigenvalue weighted by Gasteiger charge is -2.27. The van der Waals surface area contributed by atoms with E-state index >= 15 is 0 Å². The third kappa shape index (κ3) is 2.29. The van der Waals surface area contributed by atoms with Gasteiger partial charge in [-0.2, -0.15) is 0 Å². The first-order valence-electron chi connectivity index (χ1n) is 5.30. The van der Waals surface area contributed by atoms with Gasteiger partial charge in [0, 0.05) is 12.5 Å². The van der Waals surface area contributed by atoms with E-state index < -0.39 is 6.17 Å². The third-order valence-electron chi connectivity index (χ3n) is 2.95. The number of benzene rings is 1. The van der Waals surface area contributed by atoms with Gasteiger partial charge in [-0.25, -0.2) is 4.39 Å². The highest BCUT2D eigenvalue weighted by Crippen LogP contribution is 2.28. The van der Waals surface area contributed by atoms with Gasteiger partial charge in [-0.05, 0) is 30.7 Å². The predicted molar refractivity (Wildman–Crippen MR) is 58.1 cm³/mol. The molecule has 1 heterocycles. The summed E-state index contributed by atoms with van der Waals surface area (Å²) in [4.78, 5) is 0. The van der Waals surface area contributed by atoms with Crippen molar-refractivity contribution in [3.63, 3.8) is 0 Å². The second-order valence-corrected chi connectivity index (χ2v) is 3.89. The Kier molecular flexibility index (Phi) is 3.21. The maximum absolute atomic E-state index is 13.6. The average Bonchev–Trinajstić information content (AvgIpc) is 2.30. The topological polar surface area (TPSA) is 21.3 Å². The van der Waals surface area contributed by atoms with Crippen molar-refractivity contribution < 1.29 is 9.13 Å². The summed E-state index contributed by atoms with van der Waals surface area (Å²) >= 11 is 0. The van der Waals surface area contributed by atoms with Gasteiger partial charge in [0.05, 0.1) is 7.11 Å². The van der Waals surface area contributed by atoms with Crippen LogP contribution < -0.4 is 10.1 Å². The predicted octanol–water partition coefficient (Wildman–Crippen LogP) is 2.11. The van der Waals surface area contributed by atoms with E-state index in [0.717, 1.165) is 24.3 Å². The van der Waals surface area contributed by atoms with Crippen LogP contribution in [0.5, 0.6) is 5.75 Å². The van der Waals surface area contributed by atoms with Crippen LogP contribution in [0.4, 0.5) is 4.39 Å². The summed E-state index contributed by atoms with van der Waals surface area (Å²) < 4.78 is 18.7. The van der Waals surface area contributed by atoms with Crippen LogP contribution in [-0.4, -0.2) is 26.4 Å². The summed E-state index contributed by atoms with van der Waals surface area (Å²) in [7, 11) is 1.64. The number of hydrogen-bond donors (Lipinski definition) is 1. The van der Waals surface area contributed by atoms with Crippen LogP contribution in [0.2, 0.25) is 0 Å². The Hall–Kier alpha value is -1.09. The maximum Gasteiger partial charge on any atom is 0.119 e. The minimum Gasteiger partial charge on any atom is -0.497 e. The number of piperidine rings is 1. The number of alkyl halides is 1. The van der Waals surface area contributed by atoms with E-state index in [9.17, 15) is 4.39 Å². The zero-order chi connectivity index (χ0) is 10.7. The molecule has 0 aromatic heterocycles. The molecule has 1 aliphatic heterocycles. The smallest absolute Gasteiger partial charge is 0.119 e. The van der Waals surface area contributed by atoms with E-state index in [1.54, 1.807) is 7.11 Å². The molecule has 1 fully saturated rings. The quantitative estimate of drug-likeness (QED) is 0.805. The van der Waals surface area contributed by atoms with Gasteiger partial charge in [-0.3, -0.25) is 0 Å². The number of rotatable bonds is 2. The van der Waals surface area contributed by atoms with Gasteiger partial charge >= 0.3 is 0 Å². The number of nitrogens with one attached hydrogen (secondary N) is 1. The molecule has 0 aliphatic carbocycles. The van der Waals surface area contributed by atoms with E-state index in [4.69, 9.17) is 4.74 Å². The largest absolute Gasteiger partial charge is 0.497 e. The highest BCUT2D eigenvalue weighted by Gasteiger charge is 2.25. The lowest BCUT2D eigenvalue weighted by atomic mass is 9.89. The zero-order valence-corrected chi connectivity index (χ0v) is 8.87. The first kappa shape index (κ1) is 10.4. The van der Waals surface area contributed by atoms with Crippen molar-refractivity contribution in [1.82, 2.24) is 5.32 Å². The fraction of sp³-hybridized carbons (Fsp3) is 0.500. The number of halogens is 1. The molecule has 0 spiro atoms. The van der Waals surface area contributed by atoms with E-state index in [2.05, 4.69) is 5.32 Å². The molecule has 1 aromatic carbocycles. The molecule has 82 valence electrons. The van der Waals surface area contributed by atoms with E-state index in [1.807, 2.05) is 24.3 Å². The SMILES string of the molecule is COc1ccc([C@H]2CCNCC2F)cc1. The summed E-state index contributed by atoms with van der Waals surface area (Å²) in [6, 6.07) is 7.71. The Labute approximate surface area is 89.4 Å². The molecule has 1 aliphatic rings. The minimum absolute atomic E-state index is 0.0390. The van der Waals surface area contributed by atoms with Crippen LogP contribution >= 0.6 is 0 Å². The molecule has 15 heavy (non-hydrogen) atoms. The van der Waals surface area contributed by atoms with Crippen molar-refractivity contribution in [2.45, 2.75) is 18.5 Å². The van der Waals surface area contributed by atoms with Crippen molar-refractivity contribution >= 4 is 0 Å². The summed E-state index contributed by atoms with van der Waals surface area (Å²) in [5.74, 6) is 0.861. The fourth-order valence-electron chi connectivity index (χ4n) is 2.05. The molecule has 1 aromatic rings. The Morgan fingerprint density at radius 1 is 1.33 bits per heavy atom. The van der Waals surface area contributed by atoms with Gasteiger partial charge in [-0.1, -0.05) is 12.1 Å². The maximum atomic E-state index is 13.6. The van der Waals surface area contributed by atoms with Gasteiger partial charge in [0.2, 0.25) is 0 Å². The molecule has 2 rings (SSSR count). The Morgan fingerprint density at radius 3 is 2.67 bits per heavy atom. The van der Waals surface area contributed by atoms with Gasteiger partial charge in [0.25, 0.3) is 0 Å². The van der Waals surface area contributed by atoms with E-state index in [0.29, 0.717) is 6.54 Å². The Bertz CT molecular complexity index is 312. The highest BCUT2D eigenvalue weighted by molar-refractivity contribution is 5.30. The van der Waals surface area contributed by atoms with Crippen LogP contribution in [0.3, 0.4) is 0 Å². The van der Waals surface area contributed by atoms with Crippen molar-refractivity contribution in [1.29, 1.82) is 0 Å². The molecular formula is C12H16FNO. The van der Waals surface area contributed by atoms with Crippen LogP contribution in [0.25, 0.3) is 0 Å². The normalized spacial score (nSPS) is 26.3. The summed E-state index contributed by atoms with van der Waals surface area (Å²) in [6.45, 7) is 1.37. The molecule has 0 saturated carbocycles. The molecule has 2 nitrogen and oxygen atoms in total. The monoisotopic (exact) mass is 209 g/mol. The van der Waals surface area contributed by atoms with E-state index in [1.165, 1.54) is 0 Å². The number of ether oxygens (including phenoxy) is 1.